The fraction of sp³-hybridized carbons (Fsp3) is 0.278. The first-order valence-corrected chi connectivity index (χ1v) is 9.21. The molecule has 3 heterocycles. The number of halogens is 1. The van der Waals surface area contributed by atoms with E-state index in [2.05, 4.69) is 15.4 Å². The third-order valence-electron chi connectivity index (χ3n) is 4.18. The Labute approximate surface area is 153 Å². The van der Waals surface area contributed by atoms with Gasteiger partial charge in [0.05, 0.1) is 17.2 Å². The SMILES string of the molecule is O=C(NC[C@@H]1CCOC1)c1nc(-c2cccs2)n(-c2cccc(F)c2)n1. The van der Waals surface area contributed by atoms with Gasteiger partial charge in [0.2, 0.25) is 5.82 Å². The van der Waals surface area contributed by atoms with E-state index in [-0.39, 0.29) is 17.5 Å². The van der Waals surface area contributed by atoms with Crippen molar-refractivity contribution in [3.05, 3.63) is 53.4 Å². The van der Waals surface area contributed by atoms with Crippen molar-refractivity contribution < 1.29 is 13.9 Å². The summed E-state index contributed by atoms with van der Waals surface area (Å²) in [6.07, 6.45) is 0.936. The van der Waals surface area contributed by atoms with Gasteiger partial charge in [-0.15, -0.1) is 16.4 Å². The summed E-state index contributed by atoms with van der Waals surface area (Å²) >= 11 is 1.48. The lowest BCUT2D eigenvalue weighted by molar-refractivity contribution is 0.0934. The van der Waals surface area contributed by atoms with E-state index in [1.807, 2.05) is 17.5 Å². The first-order chi connectivity index (χ1) is 12.7. The Hall–Kier alpha value is -2.58. The number of thiophene rings is 1. The monoisotopic (exact) mass is 372 g/mol. The Morgan fingerprint density at radius 1 is 1.38 bits per heavy atom. The normalized spacial score (nSPS) is 16.7. The van der Waals surface area contributed by atoms with Crippen LogP contribution in [0.4, 0.5) is 4.39 Å². The van der Waals surface area contributed by atoms with E-state index in [1.165, 1.54) is 28.2 Å². The van der Waals surface area contributed by atoms with Gasteiger partial charge >= 0.3 is 0 Å². The number of carbonyl (C=O) groups excluding carboxylic acids is 1. The molecule has 1 saturated heterocycles. The quantitative estimate of drug-likeness (QED) is 0.748. The Balaban J connectivity index is 1.63. The van der Waals surface area contributed by atoms with Crippen molar-refractivity contribution in [2.75, 3.05) is 19.8 Å². The van der Waals surface area contributed by atoms with Crippen LogP contribution in [0.25, 0.3) is 16.4 Å². The molecule has 8 heteroatoms. The van der Waals surface area contributed by atoms with Gasteiger partial charge in [0.1, 0.15) is 5.82 Å². The summed E-state index contributed by atoms with van der Waals surface area (Å²) in [5, 5.41) is 9.10. The van der Waals surface area contributed by atoms with Crippen LogP contribution in [0.15, 0.2) is 41.8 Å². The van der Waals surface area contributed by atoms with Crippen LogP contribution < -0.4 is 5.32 Å². The van der Waals surface area contributed by atoms with Gasteiger partial charge < -0.3 is 10.1 Å². The zero-order valence-corrected chi connectivity index (χ0v) is 14.7. The number of carbonyl (C=O) groups is 1. The molecule has 1 fully saturated rings. The molecule has 1 N–H and O–H groups in total. The van der Waals surface area contributed by atoms with E-state index < -0.39 is 0 Å². The zero-order chi connectivity index (χ0) is 17.9. The smallest absolute Gasteiger partial charge is 0.291 e. The van der Waals surface area contributed by atoms with Gasteiger partial charge in [-0.2, -0.15) is 0 Å². The lowest BCUT2D eigenvalue weighted by atomic mass is 10.1. The summed E-state index contributed by atoms with van der Waals surface area (Å²) in [4.78, 5) is 17.7. The minimum atomic E-state index is -0.373. The van der Waals surface area contributed by atoms with Crippen molar-refractivity contribution in [3.63, 3.8) is 0 Å². The number of rotatable bonds is 5. The first-order valence-electron chi connectivity index (χ1n) is 8.33. The Bertz CT molecular complexity index is 904. The largest absolute Gasteiger partial charge is 0.381 e. The van der Waals surface area contributed by atoms with Gasteiger partial charge in [0, 0.05) is 19.1 Å². The molecule has 0 saturated carbocycles. The standard InChI is InChI=1S/C18H17FN4O2S/c19-13-3-1-4-14(9-13)23-17(15-5-2-8-26-15)21-16(22-23)18(24)20-10-12-6-7-25-11-12/h1-5,8-9,12H,6-7,10-11H2,(H,20,24)/t12-/m0/s1. The summed E-state index contributed by atoms with van der Waals surface area (Å²) in [6, 6.07) is 9.84. The molecule has 6 nitrogen and oxygen atoms in total. The number of hydrogen-bond donors (Lipinski definition) is 1. The minimum absolute atomic E-state index is 0.0663. The Morgan fingerprint density at radius 3 is 3.04 bits per heavy atom. The number of ether oxygens (including phenoxy) is 1. The highest BCUT2D eigenvalue weighted by atomic mass is 32.1. The van der Waals surface area contributed by atoms with Gasteiger partial charge in [0.25, 0.3) is 5.91 Å². The third-order valence-corrected chi connectivity index (χ3v) is 5.05. The second-order valence-electron chi connectivity index (χ2n) is 6.07. The number of hydrogen-bond acceptors (Lipinski definition) is 5. The van der Waals surface area contributed by atoms with Gasteiger partial charge in [-0.3, -0.25) is 4.79 Å². The summed E-state index contributed by atoms with van der Waals surface area (Å²) in [6.45, 7) is 1.92. The van der Waals surface area contributed by atoms with E-state index >= 15 is 0 Å². The summed E-state index contributed by atoms with van der Waals surface area (Å²) in [5.74, 6) is 0.185. The summed E-state index contributed by atoms with van der Waals surface area (Å²) in [7, 11) is 0. The molecule has 4 rings (SSSR count). The van der Waals surface area contributed by atoms with Crippen LogP contribution in [-0.4, -0.2) is 40.4 Å². The maximum atomic E-state index is 13.6. The molecule has 134 valence electrons. The molecule has 3 aromatic rings. The molecule has 2 aromatic heterocycles. The van der Waals surface area contributed by atoms with E-state index in [0.29, 0.717) is 30.6 Å². The van der Waals surface area contributed by atoms with E-state index in [4.69, 9.17) is 4.74 Å². The lowest BCUT2D eigenvalue weighted by Crippen LogP contribution is -2.30. The summed E-state index contributed by atoms with van der Waals surface area (Å²) in [5.41, 5.74) is 0.518. The summed E-state index contributed by atoms with van der Waals surface area (Å²) < 4.78 is 20.5. The third kappa shape index (κ3) is 3.51. The first kappa shape index (κ1) is 16.9. The van der Waals surface area contributed by atoms with Crippen LogP contribution in [0.3, 0.4) is 0 Å². The number of aromatic nitrogens is 3. The fourth-order valence-electron chi connectivity index (χ4n) is 2.82. The van der Waals surface area contributed by atoms with Crippen molar-refractivity contribution in [2.45, 2.75) is 6.42 Å². The molecule has 1 aliphatic heterocycles. The molecule has 1 atom stereocenters. The van der Waals surface area contributed by atoms with Crippen LogP contribution in [-0.2, 0) is 4.74 Å². The molecule has 0 spiro atoms. The highest BCUT2D eigenvalue weighted by molar-refractivity contribution is 7.13. The van der Waals surface area contributed by atoms with Crippen LogP contribution in [0, 0.1) is 11.7 Å². The second-order valence-corrected chi connectivity index (χ2v) is 7.02. The molecule has 0 unspecified atom stereocenters. The Kier molecular flexibility index (Phi) is 4.77. The van der Waals surface area contributed by atoms with E-state index in [9.17, 15) is 9.18 Å². The zero-order valence-electron chi connectivity index (χ0n) is 13.9. The highest BCUT2D eigenvalue weighted by Crippen LogP contribution is 2.25. The van der Waals surface area contributed by atoms with E-state index in [1.54, 1.807) is 12.1 Å². The van der Waals surface area contributed by atoms with Crippen molar-refractivity contribution in [3.8, 4) is 16.4 Å². The van der Waals surface area contributed by atoms with Crippen LogP contribution in [0.1, 0.15) is 17.0 Å². The second kappa shape index (κ2) is 7.35. The molecular weight excluding hydrogens is 355 g/mol. The Morgan fingerprint density at radius 2 is 2.31 bits per heavy atom. The highest BCUT2D eigenvalue weighted by Gasteiger charge is 2.21. The molecule has 26 heavy (non-hydrogen) atoms. The fourth-order valence-corrected chi connectivity index (χ4v) is 3.52. The molecule has 0 aliphatic carbocycles. The number of benzene rings is 1. The molecule has 1 aromatic carbocycles. The van der Waals surface area contributed by atoms with Crippen LogP contribution in [0.2, 0.25) is 0 Å². The molecule has 0 bridgehead atoms. The van der Waals surface area contributed by atoms with Crippen LogP contribution in [0.5, 0.6) is 0 Å². The van der Waals surface area contributed by atoms with Crippen molar-refractivity contribution >= 4 is 17.2 Å². The van der Waals surface area contributed by atoms with Gasteiger partial charge in [-0.05, 0) is 36.1 Å². The molecule has 0 radical (unpaired) electrons. The van der Waals surface area contributed by atoms with E-state index in [0.717, 1.165) is 17.9 Å². The average molecular weight is 372 g/mol. The van der Waals surface area contributed by atoms with Crippen molar-refractivity contribution in [2.24, 2.45) is 5.92 Å². The number of nitrogens with one attached hydrogen (secondary N) is 1. The minimum Gasteiger partial charge on any atom is -0.381 e. The van der Waals surface area contributed by atoms with Crippen molar-refractivity contribution in [1.29, 1.82) is 0 Å². The molecular formula is C18H17FN4O2S. The van der Waals surface area contributed by atoms with Gasteiger partial charge in [0.15, 0.2) is 5.82 Å². The predicted molar refractivity (Wildman–Crippen MR) is 95.9 cm³/mol. The van der Waals surface area contributed by atoms with Gasteiger partial charge in [-0.1, -0.05) is 12.1 Å². The topological polar surface area (TPSA) is 69.0 Å². The number of amides is 1. The molecule has 1 aliphatic rings. The maximum Gasteiger partial charge on any atom is 0.291 e. The predicted octanol–water partition coefficient (Wildman–Crippen LogP) is 2.90. The molecule has 1 amide bonds. The lowest BCUT2D eigenvalue weighted by Gasteiger charge is -2.07. The van der Waals surface area contributed by atoms with Crippen molar-refractivity contribution in [1.82, 2.24) is 20.1 Å². The maximum absolute atomic E-state index is 13.6. The number of nitrogens with zero attached hydrogens (tertiary/aromatic N) is 3. The van der Waals surface area contributed by atoms with Gasteiger partial charge in [-0.25, -0.2) is 14.1 Å². The average Bonchev–Trinajstić information content (AvgIpc) is 3.40. The van der Waals surface area contributed by atoms with Crippen LogP contribution >= 0.6 is 11.3 Å².